The van der Waals surface area contributed by atoms with Gasteiger partial charge in [-0.2, -0.15) is 0 Å². The normalized spacial score (nSPS) is 14.1. The number of hydrogen-bond acceptors (Lipinski definition) is 4. The van der Waals surface area contributed by atoms with Crippen LogP contribution in [0.1, 0.15) is 116 Å². The smallest absolute Gasteiger partial charge is 0.297 e. The Morgan fingerprint density at radius 1 is 0.460 bits per heavy atom. The Balaban J connectivity index is 1.32. The molecule has 4 nitrogen and oxygen atoms in total. The molecule has 0 bridgehead atoms. The molecule has 0 saturated carbocycles. The molecule has 63 heavy (non-hydrogen) atoms. The standard InChI is InChI=1S/C58H61BN2O2/c1-34-27-37(50-29-36-17-15-16-18-48(36)62-50)28-35(2)52(34)61-47-33-41(58(12,13)14)32-46-51(47)59(54-53(61)43-30-39(56(6,7)8)22-26-49(43)63-54)44-31-40(57(9,10)11)21-25-45(44)60(46)42-23-19-38(20-24-42)55(3,4)5/h15-33H,1-14H3. The van der Waals surface area contributed by atoms with E-state index in [1.54, 1.807) is 0 Å². The predicted octanol–water partition coefficient (Wildman–Crippen LogP) is 14.7. The van der Waals surface area contributed by atoms with Crippen molar-refractivity contribution in [2.75, 3.05) is 9.80 Å². The van der Waals surface area contributed by atoms with Gasteiger partial charge in [-0.3, -0.25) is 0 Å². The molecule has 0 aliphatic carbocycles. The molecule has 0 saturated heterocycles. The zero-order valence-electron chi connectivity index (χ0n) is 39.8. The van der Waals surface area contributed by atoms with E-state index in [0.717, 1.165) is 50.3 Å². The van der Waals surface area contributed by atoms with Gasteiger partial charge in [0.2, 0.25) is 0 Å². The fourth-order valence-corrected chi connectivity index (χ4v) is 10.0. The third kappa shape index (κ3) is 6.64. The molecule has 0 amide bonds. The van der Waals surface area contributed by atoms with E-state index < -0.39 is 0 Å². The van der Waals surface area contributed by atoms with Crippen LogP contribution in [0, 0.1) is 13.8 Å². The van der Waals surface area contributed by atoms with Gasteiger partial charge < -0.3 is 18.6 Å². The maximum absolute atomic E-state index is 7.36. The lowest BCUT2D eigenvalue weighted by molar-refractivity contribution is 0.589. The molecule has 0 spiro atoms. The second kappa shape index (κ2) is 13.8. The van der Waals surface area contributed by atoms with Crippen LogP contribution in [0.3, 0.4) is 0 Å². The minimum Gasteiger partial charge on any atom is -0.468 e. The van der Waals surface area contributed by atoms with Gasteiger partial charge in [0.05, 0.1) is 17.0 Å². The van der Waals surface area contributed by atoms with Crippen molar-refractivity contribution in [2.24, 2.45) is 0 Å². The largest absolute Gasteiger partial charge is 0.468 e. The topological polar surface area (TPSA) is 32.8 Å². The lowest BCUT2D eigenvalue weighted by Gasteiger charge is -2.44. The Labute approximate surface area is 375 Å². The number of aryl methyl sites for hydroxylation is 2. The summed E-state index contributed by atoms with van der Waals surface area (Å²) >= 11 is 0. The number of para-hydroxylation sites is 1. The molecule has 2 aliphatic heterocycles. The summed E-state index contributed by atoms with van der Waals surface area (Å²) in [6.07, 6.45) is 0. The Morgan fingerprint density at radius 3 is 1.65 bits per heavy atom. The summed E-state index contributed by atoms with van der Waals surface area (Å²) < 4.78 is 13.8. The van der Waals surface area contributed by atoms with E-state index >= 15 is 0 Å². The lowest BCUT2D eigenvalue weighted by Crippen LogP contribution is -2.61. The van der Waals surface area contributed by atoms with E-state index in [4.69, 9.17) is 8.83 Å². The molecule has 6 aromatic carbocycles. The summed E-state index contributed by atoms with van der Waals surface area (Å²) in [4.78, 5) is 5.11. The molecule has 0 unspecified atom stereocenters. The van der Waals surface area contributed by atoms with Crippen LogP contribution in [-0.4, -0.2) is 6.71 Å². The van der Waals surface area contributed by atoms with Crippen molar-refractivity contribution in [3.05, 3.63) is 149 Å². The number of nitrogens with zero attached hydrogens (tertiary/aromatic N) is 2. The van der Waals surface area contributed by atoms with Gasteiger partial charge in [0, 0.05) is 39.1 Å². The minimum absolute atomic E-state index is 0.0388. The number of furan rings is 2. The molecule has 10 rings (SSSR count). The SMILES string of the molecule is Cc1cc(-c2cc3ccccc3o2)cc(C)c1N1c2cc(C(C)(C)C)cc3c2B(c2cc(C(C)(C)C)ccc2N3c2ccc(C(C)(C)C)cc2)c2oc3ccc(C(C)(C)C)cc3c21. The number of benzene rings is 6. The summed E-state index contributed by atoms with van der Waals surface area (Å²) in [6, 6.07) is 43.4. The van der Waals surface area contributed by atoms with Crippen molar-refractivity contribution in [3.63, 3.8) is 0 Å². The number of rotatable bonds is 3. The first-order valence-electron chi connectivity index (χ1n) is 22.8. The van der Waals surface area contributed by atoms with E-state index in [2.05, 4.69) is 210 Å². The van der Waals surface area contributed by atoms with Gasteiger partial charge in [-0.1, -0.05) is 132 Å². The van der Waals surface area contributed by atoms with Gasteiger partial charge in [0.1, 0.15) is 16.9 Å². The van der Waals surface area contributed by atoms with Gasteiger partial charge in [-0.15, -0.1) is 0 Å². The highest BCUT2D eigenvalue weighted by atomic mass is 16.3. The minimum atomic E-state index is -0.141. The number of anilines is 6. The third-order valence-corrected chi connectivity index (χ3v) is 13.7. The average molecular weight is 829 g/mol. The van der Waals surface area contributed by atoms with Gasteiger partial charge in [0.25, 0.3) is 6.71 Å². The fourth-order valence-electron chi connectivity index (χ4n) is 10.0. The zero-order valence-corrected chi connectivity index (χ0v) is 39.8. The first-order valence-corrected chi connectivity index (χ1v) is 22.8. The highest BCUT2D eigenvalue weighted by Gasteiger charge is 2.48. The van der Waals surface area contributed by atoms with E-state index in [9.17, 15) is 0 Å². The maximum Gasteiger partial charge on any atom is 0.297 e. The second-order valence-electron chi connectivity index (χ2n) is 22.5. The summed E-state index contributed by atoms with van der Waals surface area (Å²) in [5.41, 5.74) is 20.8. The van der Waals surface area contributed by atoms with Crippen LogP contribution in [-0.2, 0) is 21.7 Å². The van der Waals surface area contributed by atoms with E-state index in [1.165, 1.54) is 67.1 Å². The molecule has 2 aromatic heterocycles. The molecule has 2 aliphatic rings. The van der Waals surface area contributed by atoms with Gasteiger partial charge in [-0.25, -0.2) is 0 Å². The lowest BCUT2D eigenvalue weighted by atomic mass is 9.35. The van der Waals surface area contributed by atoms with Crippen molar-refractivity contribution >= 4 is 79.4 Å². The van der Waals surface area contributed by atoms with Crippen LogP contribution in [0.4, 0.5) is 34.1 Å². The van der Waals surface area contributed by atoms with E-state index in [1.807, 2.05) is 12.1 Å². The van der Waals surface area contributed by atoms with Crippen LogP contribution < -0.4 is 26.4 Å². The highest BCUT2D eigenvalue weighted by Crippen LogP contribution is 2.51. The van der Waals surface area contributed by atoms with E-state index in [-0.39, 0.29) is 28.4 Å². The molecular weight excluding hydrogens is 767 g/mol. The molecule has 0 radical (unpaired) electrons. The molecule has 318 valence electrons. The van der Waals surface area contributed by atoms with Crippen LogP contribution in [0.5, 0.6) is 0 Å². The molecule has 4 heterocycles. The van der Waals surface area contributed by atoms with Crippen LogP contribution in [0.2, 0.25) is 0 Å². The quantitative estimate of drug-likeness (QED) is 0.166. The summed E-state index contributed by atoms with van der Waals surface area (Å²) in [5.74, 6) is 0.878. The monoisotopic (exact) mass is 828 g/mol. The molecule has 0 atom stereocenters. The van der Waals surface area contributed by atoms with Crippen molar-refractivity contribution in [2.45, 2.75) is 119 Å². The fraction of sp³-hybridized carbons (Fsp3) is 0.310. The Bertz CT molecular complexity index is 3080. The Morgan fingerprint density at radius 2 is 1.03 bits per heavy atom. The molecule has 5 heteroatoms. The van der Waals surface area contributed by atoms with Gasteiger partial charge in [0.15, 0.2) is 0 Å². The predicted molar refractivity (Wildman–Crippen MR) is 270 cm³/mol. The van der Waals surface area contributed by atoms with Crippen LogP contribution in [0.25, 0.3) is 33.3 Å². The highest BCUT2D eigenvalue weighted by molar-refractivity contribution is 7.00. The van der Waals surface area contributed by atoms with Crippen molar-refractivity contribution in [1.29, 1.82) is 0 Å². The first-order chi connectivity index (χ1) is 29.6. The van der Waals surface area contributed by atoms with Gasteiger partial charge >= 0.3 is 0 Å². The van der Waals surface area contributed by atoms with Crippen molar-refractivity contribution < 1.29 is 8.83 Å². The van der Waals surface area contributed by atoms with Crippen LogP contribution >= 0.6 is 0 Å². The van der Waals surface area contributed by atoms with Crippen molar-refractivity contribution in [1.82, 2.24) is 0 Å². The summed E-state index contributed by atoms with van der Waals surface area (Å²) in [6.45, 7) is 32.1. The van der Waals surface area contributed by atoms with Gasteiger partial charge in [-0.05, 0) is 147 Å². The second-order valence-corrected chi connectivity index (χ2v) is 22.5. The first kappa shape index (κ1) is 41.1. The maximum atomic E-state index is 7.36. The van der Waals surface area contributed by atoms with Crippen LogP contribution in [0.15, 0.2) is 124 Å². The Hall–Kier alpha value is -5.94. The summed E-state index contributed by atoms with van der Waals surface area (Å²) in [5, 5.41) is 2.25. The number of hydrogen-bond donors (Lipinski definition) is 0. The third-order valence-electron chi connectivity index (χ3n) is 13.7. The summed E-state index contributed by atoms with van der Waals surface area (Å²) in [7, 11) is 0. The molecular formula is C58H61BN2O2. The number of fused-ring (bicyclic) bond motifs is 7. The zero-order chi connectivity index (χ0) is 44.7. The molecule has 8 aromatic rings. The molecule has 0 N–H and O–H groups in total. The Kier molecular flexibility index (Phi) is 8.99. The van der Waals surface area contributed by atoms with Crippen molar-refractivity contribution in [3.8, 4) is 11.3 Å². The molecule has 0 fully saturated rings. The average Bonchev–Trinajstić information content (AvgIpc) is 3.82. The van der Waals surface area contributed by atoms with E-state index in [0.29, 0.717) is 0 Å².